The zero-order valence-electron chi connectivity index (χ0n) is 13.1. The van der Waals surface area contributed by atoms with Crippen molar-refractivity contribution in [3.05, 3.63) is 0 Å². The Labute approximate surface area is 125 Å². The summed E-state index contributed by atoms with van der Waals surface area (Å²) >= 11 is 0. The zero-order chi connectivity index (χ0) is 14.6. The third kappa shape index (κ3) is 4.40. The van der Waals surface area contributed by atoms with Gasteiger partial charge in [0.05, 0.1) is 5.60 Å². The molecule has 0 aliphatic heterocycles. The van der Waals surface area contributed by atoms with Gasteiger partial charge in [0.15, 0.2) is 0 Å². The van der Waals surface area contributed by atoms with Crippen molar-refractivity contribution in [3.63, 3.8) is 0 Å². The molecule has 3 nitrogen and oxygen atoms in total. The Bertz CT molecular complexity index is 263. The second-order valence-corrected chi connectivity index (χ2v) is 7.96. The largest absolute Gasteiger partial charge is 0.328 e. The highest BCUT2D eigenvalue weighted by atomic mass is 31.2. The highest BCUT2D eigenvalue weighted by Gasteiger charge is 2.43. The first-order valence-corrected chi connectivity index (χ1v) is 9.54. The van der Waals surface area contributed by atoms with E-state index in [1.807, 2.05) is 0 Å². The highest BCUT2D eigenvalue weighted by molar-refractivity contribution is 7.39. The molecule has 0 radical (unpaired) electrons. The van der Waals surface area contributed by atoms with Gasteiger partial charge in [-0.1, -0.05) is 64.2 Å². The van der Waals surface area contributed by atoms with Gasteiger partial charge in [-0.3, -0.25) is 0 Å². The van der Waals surface area contributed by atoms with E-state index in [-0.39, 0.29) is 0 Å². The molecule has 0 aromatic heterocycles. The molecule has 0 bridgehead atoms. The van der Waals surface area contributed by atoms with Gasteiger partial charge in [0.1, 0.15) is 0 Å². The van der Waals surface area contributed by atoms with Gasteiger partial charge in [-0.05, 0) is 31.6 Å². The van der Waals surface area contributed by atoms with Crippen LogP contribution in [0.3, 0.4) is 0 Å². The van der Waals surface area contributed by atoms with Gasteiger partial charge in [0.25, 0.3) is 0 Å². The molecule has 20 heavy (non-hydrogen) atoms. The van der Waals surface area contributed by atoms with Gasteiger partial charge in [0.2, 0.25) is 0 Å². The second-order valence-electron chi connectivity index (χ2n) is 7.27. The first-order valence-electron chi connectivity index (χ1n) is 8.38. The Balaban J connectivity index is 2.12. The Morgan fingerprint density at radius 2 is 1.25 bits per heavy atom. The van der Waals surface area contributed by atoms with Crippen molar-refractivity contribution in [1.82, 2.24) is 0 Å². The van der Waals surface area contributed by atoms with Crippen LogP contribution in [0, 0.1) is 17.8 Å². The summed E-state index contributed by atoms with van der Waals surface area (Å²) in [6.07, 6.45) is 13.2. The average Bonchev–Trinajstić information content (AvgIpc) is 2.39. The molecule has 2 N–H and O–H groups in total. The fraction of sp³-hybridized carbons (Fsp3) is 1.00. The topological polar surface area (TPSA) is 49.7 Å². The van der Waals surface area contributed by atoms with E-state index < -0.39 is 14.2 Å². The minimum absolute atomic E-state index is 0.417. The van der Waals surface area contributed by atoms with Crippen molar-refractivity contribution in [2.75, 3.05) is 0 Å². The number of hydrogen-bond acceptors (Lipinski definition) is 3. The quantitative estimate of drug-likeness (QED) is 0.719. The maximum Gasteiger partial charge on any atom is 0.327 e. The third-order valence-corrected chi connectivity index (χ3v) is 6.07. The predicted octanol–water partition coefficient (Wildman–Crippen LogP) is 4.77. The molecule has 0 atom stereocenters. The van der Waals surface area contributed by atoms with Crippen LogP contribution < -0.4 is 0 Å². The molecule has 0 heterocycles. The molecule has 2 fully saturated rings. The van der Waals surface area contributed by atoms with Crippen LogP contribution in [-0.2, 0) is 4.52 Å². The van der Waals surface area contributed by atoms with Crippen LogP contribution in [0.5, 0.6) is 0 Å². The van der Waals surface area contributed by atoms with Crippen LogP contribution in [0.2, 0.25) is 0 Å². The van der Waals surface area contributed by atoms with Crippen LogP contribution >= 0.6 is 8.60 Å². The smallest absolute Gasteiger partial charge is 0.327 e. The first-order chi connectivity index (χ1) is 9.50. The summed E-state index contributed by atoms with van der Waals surface area (Å²) in [6.45, 7) is 4.14. The van der Waals surface area contributed by atoms with Gasteiger partial charge < -0.3 is 14.3 Å². The fourth-order valence-corrected chi connectivity index (χ4v) is 5.32. The lowest BCUT2D eigenvalue weighted by molar-refractivity contribution is -0.0426. The van der Waals surface area contributed by atoms with E-state index in [9.17, 15) is 9.79 Å². The zero-order valence-corrected chi connectivity index (χ0v) is 13.9. The van der Waals surface area contributed by atoms with Crippen molar-refractivity contribution < 1.29 is 14.3 Å². The normalized spacial score (nSPS) is 23.7. The molecule has 0 aromatic rings. The molecule has 2 aliphatic carbocycles. The van der Waals surface area contributed by atoms with E-state index in [4.69, 9.17) is 4.52 Å². The van der Waals surface area contributed by atoms with Crippen molar-refractivity contribution in [2.45, 2.75) is 83.7 Å². The fourth-order valence-electron chi connectivity index (χ4n) is 4.78. The maximum absolute atomic E-state index is 9.33. The monoisotopic (exact) mass is 302 g/mol. The lowest BCUT2D eigenvalue weighted by atomic mass is 9.64. The molecule has 2 rings (SSSR count). The molecule has 118 valence electrons. The molecule has 2 aliphatic rings. The van der Waals surface area contributed by atoms with Gasteiger partial charge in [-0.15, -0.1) is 0 Å². The third-order valence-electron chi connectivity index (χ3n) is 5.44. The van der Waals surface area contributed by atoms with E-state index in [1.54, 1.807) is 0 Å². The van der Waals surface area contributed by atoms with Crippen LogP contribution in [0.1, 0.15) is 78.1 Å². The Hall–Kier alpha value is 0.310. The van der Waals surface area contributed by atoms with E-state index >= 15 is 0 Å². The SMILES string of the molecule is CC(C)(OP(O)O)C(C1CCCCC1)C1CCCCC1. The van der Waals surface area contributed by atoms with Gasteiger partial charge in [-0.25, -0.2) is 0 Å². The highest BCUT2D eigenvalue weighted by Crippen LogP contribution is 2.49. The molecule has 2 saturated carbocycles. The summed E-state index contributed by atoms with van der Waals surface area (Å²) in [5.74, 6) is 1.89. The van der Waals surface area contributed by atoms with Crippen LogP contribution in [0.25, 0.3) is 0 Å². The van der Waals surface area contributed by atoms with E-state index in [1.165, 1.54) is 64.2 Å². The molecule has 0 saturated heterocycles. The standard InChI is InChI=1S/C16H31O3P/c1-16(2,19-20(17)18)15(13-9-5-3-6-10-13)14-11-7-4-8-12-14/h13-15,17-18H,3-12H2,1-2H3. The van der Waals surface area contributed by atoms with Crippen molar-refractivity contribution >= 4 is 8.60 Å². The summed E-state index contributed by atoms with van der Waals surface area (Å²) in [4.78, 5) is 18.7. The lowest BCUT2D eigenvalue weighted by Crippen LogP contribution is -2.44. The van der Waals surface area contributed by atoms with Crippen LogP contribution in [0.15, 0.2) is 0 Å². The molecule has 0 unspecified atom stereocenters. The molecule has 4 heteroatoms. The van der Waals surface area contributed by atoms with Crippen LogP contribution in [0.4, 0.5) is 0 Å². The van der Waals surface area contributed by atoms with Crippen molar-refractivity contribution in [3.8, 4) is 0 Å². The predicted molar refractivity (Wildman–Crippen MR) is 83.2 cm³/mol. The lowest BCUT2D eigenvalue weighted by Gasteiger charge is -2.46. The summed E-state index contributed by atoms with van der Waals surface area (Å²) in [7, 11) is -2.26. The summed E-state index contributed by atoms with van der Waals surface area (Å²) in [5.41, 5.74) is -0.417. The van der Waals surface area contributed by atoms with Gasteiger partial charge >= 0.3 is 8.60 Å². The molecular weight excluding hydrogens is 271 g/mol. The number of rotatable bonds is 5. The average molecular weight is 302 g/mol. The molecular formula is C16H31O3P. The van der Waals surface area contributed by atoms with E-state index in [0.29, 0.717) is 17.8 Å². The van der Waals surface area contributed by atoms with Crippen LogP contribution in [-0.4, -0.2) is 15.4 Å². The minimum atomic E-state index is -2.26. The molecule has 0 aromatic carbocycles. The number of hydrogen-bond donors (Lipinski definition) is 2. The molecule has 0 amide bonds. The van der Waals surface area contributed by atoms with E-state index in [0.717, 1.165) is 0 Å². The first kappa shape index (κ1) is 16.7. The van der Waals surface area contributed by atoms with Crippen molar-refractivity contribution in [1.29, 1.82) is 0 Å². The Morgan fingerprint density at radius 1 is 0.850 bits per heavy atom. The summed E-state index contributed by atoms with van der Waals surface area (Å²) in [5, 5.41) is 0. The van der Waals surface area contributed by atoms with Gasteiger partial charge in [-0.2, -0.15) is 0 Å². The minimum Gasteiger partial charge on any atom is -0.328 e. The summed E-state index contributed by atoms with van der Waals surface area (Å²) < 4.78 is 5.58. The Morgan fingerprint density at radius 3 is 1.60 bits per heavy atom. The van der Waals surface area contributed by atoms with E-state index in [2.05, 4.69) is 13.8 Å². The second kappa shape index (κ2) is 7.54. The Kier molecular flexibility index (Phi) is 6.28. The van der Waals surface area contributed by atoms with Gasteiger partial charge in [0, 0.05) is 0 Å². The summed E-state index contributed by atoms with van der Waals surface area (Å²) in [6, 6.07) is 0. The maximum atomic E-state index is 9.33. The molecule has 0 spiro atoms. The van der Waals surface area contributed by atoms with Crippen molar-refractivity contribution in [2.24, 2.45) is 17.8 Å².